The van der Waals surface area contributed by atoms with E-state index in [-0.39, 0.29) is 45.9 Å². The molecule has 3 N–H and O–H groups in total. The van der Waals surface area contributed by atoms with Crippen LogP contribution in [-0.2, 0) is 24.6 Å². The molecule has 45 heavy (non-hydrogen) atoms. The molecule has 1 saturated carbocycles. The van der Waals surface area contributed by atoms with E-state index in [9.17, 15) is 18.0 Å². The summed E-state index contributed by atoms with van der Waals surface area (Å²) in [4.78, 5) is 26.2. The molecule has 0 unspecified atom stereocenters. The highest BCUT2D eigenvalue weighted by Gasteiger charge is 2.38. The zero-order chi connectivity index (χ0) is 31.7. The zero-order valence-electron chi connectivity index (χ0n) is 23.7. The standard InChI is InChI=1S/C30H26ClF3N8O3/c1-41-26-25(31)24(45-23(12-35)20-13-36-9-10-37-20)14-38-27(26)40-29(41)39-19-11-18(30(32,33)34)15-42(28(19)43)21-7-8-22(21)44-16-17-5-3-2-4-6-17/h2-6,9-15,21-22,35,37H,7-8,16H2,1H3,(H,38,39,40)/b23-20+,35-12?/t21-,22-/m0/s1. The maximum absolute atomic E-state index is 14.0. The molecule has 232 valence electrons. The Morgan fingerprint density at radius 3 is 2.73 bits per heavy atom. The predicted molar refractivity (Wildman–Crippen MR) is 163 cm³/mol. The first-order chi connectivity index (χ1) is 21.6. The summed E-state index contributed by atoms with van der Waals surface area (Å²) < 4.78 is 56.4. The van der Waals surface area contributed by atoms with Crippen molar-refractivity contribution in [2.45, 2.75) is 37.8 Å². The maximum Gasteiger partial charge on any atom is 0.417 e. The number of anilines is 2. The molecule has 1 aliphatic heterocycles. The van der Waals surface area contributed by atoms with Crippen LogP contribution in [0.3, 0.4) is 0 Å². The molecule has 1 fully saturated rings. The van der Waals surface area contributed by atoms with Gasteiger partial charge < -0.3 is 34.7 Å². The molecule has 2 atom stereocenters. The smallest absolute Gasteiger partial charge is 0.417 e. The van der Waals surface area contributed by atoms with Gasteiger partial charge in [-0.2, -0.15) is 18.2 Å². The van der Waals surface area contributed by atoms with Gasteiger partial charge in [0.1, 0.15) is 21.9 Å². The quantitative estimate of drug-likeness (QED) is 0.155. The first-order valence-corrected chi connectivity index (χ1v) is 14.2. The van der Waals surface area contributed by atoms with E-state index in [1.54, 1.807) is 13.2 Å². The van der Waals surface area contributed by atoms with E-state index in [1.165, 1.54) is 23.2 Å². The van der Waals surface area contributed by atoms with Gasteiger partial charge in [0.05, 0.1) is 42.9 Å². The van der Waals surface area contributed by atoms with Crippen LogP contribution >= 0.6 is 11.6 Å². The molecular formula is C30H26ClF3N8O3. The van der Waals surface area contributed by atoms with Crippen molar-refractivity contribution in [3.8, 4) is 5.75 Å². The summed E-state index contributed by atoms with van der Waals surface area (Å²) in [6, 6.07) is 9.59. The first kappa shape index (κ1) is 30.1. The number of nitrogens with one attached hydrogen (secondary N) is 3. The normalized spacial score (nSPS) is 18.8. The van der Waals surface area contributed by atoms with Crippen LogP contribution in [0.5, 0.6) is 5.75 Å². The fourth-order valence-electron chi connectivity index (χ4n) is 4.99. The van der Waals surface area contributed by atoms with E-state index in [1.807, 2.05) is 30.3 Å². The molecule has 15 heteroatoms. The number of fused-ring (bicyclic) bond motifs is 1. The third kappa shape index (κ3) is 6.06. The number of aliphatic imine (C=N–C) groups is 1. The van der Waals surface area contributed by atoms with Crippen LogP contribution in [0.15, 0.2) is 82.4 Å². The van der Waals surface area contributed by atoms with Crippen molar-refractivity contribution in [3.63, 3.8) is 0 Å². The Hall–Kier alpha value is -4.95. The highest BCUT2D eigenvalue weighted by atomic mass is 35.5. The number of rotatable bonds is 9. The summed E-state index contributed by atoms with van der Waals surface area (Å²) in [5.74, 6) is 0.238. The SMILES string of the molecule is Cn1c(Nc2cc(C(F)(F)F)cn([C@H]3CC[C@@H]3OCc3ccccc3)c2=O)nc2ncc(O/C(C=N)=C3\C=NC=CN3)c(Cl)c21. The Bertz CT molecular complexity index is 1920. The summed E-state index contributed by atoms with van der Waals surface area (Å²) in [5.41, 5.74) is -0.196. The molecule has 4 heterocycles. The number of nitrogens with zero attached hydrogens (tertiary/aromatic N) is 5. The van der Waals surface area contributed by atoms with Crippen LogP contribution < -0.4 is 20.9 Å². The second-order valence-corrected chi connectivity index (χ2v) is 10.7. The predicted octanol–water partition coefficient (Wildman–Crippen LogP) is 5.85. The molecule has 4 aromatic rings. The molecule has 0 amide bonds. The summed E-state index contributed by atoms with van der Waals surface area (Å²) in [7, 11) is 1.57. The van der Waals surface area contributed by atoms with Crippen LogP contribution in [0.4, 0.5) is 24.8 Å². The van der Waals surface area contributed by atoms with Gasteiger partial charge in [0.15, 0.2) is 17.2 Å². The third-order valence-corrected chi connectivity index (χ3v) is 7.85. The molecule has 2 aliphatic rings. The van der Waals surface area contributed by atoms with E-state index < -0.39 is 29.4 Å². The molecule has 6 rings (SSSR count). The average molecular weight is 639 g/mol. The minimum Gasteiger partial charge on any atom is -0.450 e. The van der Waals surface area contributed by atoms with Crippen molar-refractivity contribution in [3.05, 3.63) is 99.2 Å². The van der Waals surface area contributed by atoms with E-state index in [4.69, 9.17) is 26.5 Å². The van der Waals surface area contributed by atoms with Crippen LogP contribution in [0, 0.1) is 5.41 Å². The van der Waals surface area contributed by atoms with Gasteiger partial charge in [0, 0.05) is 25.6 Å². The Kier molecular flexibility index (Phi) is 8.16. The molecule has 0 spiro atoms. The van der Waals surface area contributed by atoms with Gasteiger partial charge in [-0.05, 0) is 24.5 Å². The summed E-state index contributed by atoms with van der Waals surface area (Å²) >= 11 is 6.65. The highest BCUT2D eigenvalue weighted by molar-refractivity contribution is 6.36. The lowest BCUT2D eigenvalue weighted by atomic mass is 9.88. The first-order valence-electron chi connectivity index (χ1n) is 13.8. The summed E-state index contributed by atoms with van der Waals surface area (Å²) in [5, 5.41) is 13.5. The largest absolute Gasteiger partial charge is 0.450 e. The van der Waals surface area contributed by atoms with Crippen LogP contribution in [0.25, 0.3) is 11.2 Å². The topological polar surface area (TPSA) is 131 Å². The van der Waals surface area contributed by atoms with E-state index in [0.29, 0.717) is 18.5 Å². The molecule has 0 bridgehead atoms. The lowest BCUT2D eigenvalue weighted by molar-refractivity contribution is -0.138. The molecule has 11 nitrogen and oxygen atoms in total. The number of hydrogen-bond acceptors (Lipinski definition) is 9. The zero-order valence-corrected chi connectivity index (χ0v) is 24.4. The molecule has 1 aliphatic carbocycles. The van der Waals surface area contributed by atoms with Crippen molar-refractivity contribution in [2.24, 2.45) is 12.0 Å². The van der Waals surface area contributed by atoms with Crippen LogP contribution in [0.2, 0.25) is 5.02 Å². The Balaban J connectivity index is 1.31. The Morgan fingerprint density at radius 1 is 1.27 bits per heavy atom. The van der Waals surface area contributed by atoms with E-state index in [2.05, 4.69) is 25.6 Å². The number of allylic oxidation sites excluding steroid dienone is 2. The average Bonchev–Trinajstić information content (AvgIpc) is 3.33. The molecular weight excluding hydrogens is 613 g/mol. The lowest BCUT2D eigenvalue weighted by Gasteiger charge is -2.38. The lowest BCUT2D eigenvalue weighted by Crippen LogP contribution is -2.41. The van der Waals surface area contributed by atoms with Crippen LogP contribution in [-0.4, -0.2) is 37.6 Å². The summed E-state index contributed by atoms with van der Waals surface area (Å²) in [6.45, 7) is 0.277. The van der Waals surface area contributed by atoms with Crippen molar-refractivity contribution >= 4 is 46.8 Å². The number of aromatic nitrogens is 4. The molecule has 3 aromatic heterocycles. The van der Waals surface area contributed by atoms with Crippen LogP contribution in [0.1, 0.15) is 30.0 Å². The van der Waals surface area contributed by atoms with E-state index in [0.717, 1.165) is 28.6 Å². The second kappa shape index (κ2) is 12.2. The van der Waals surface area contributed by atoms with Gasteiger partial charge in [-0.15, -0.1) is 0 Å². The number of aryl methyl sites for hydroxylation is 1. The maximum atomic E-state index is 14.0. The number of alkyl halides is 3. The monoisotopic (exact) mass is 638 g/mol. The Labute approximate surface area is 259 Å². The molecule has 1 aromatic carbocycles. The number of pyridine rings is 2. The van der Waals surface area contributed by atoms with Gasteiger partial charge in [0.2, 0.25) is 5.95 Å². The fraction of sp³-hybridized carbons (Fsp3) is 0.233. The molecule has 0 saturated heterocycles. The van der Waals surface area contributed by atoms with Gasteiger partial charge >= 0.3 is 6.18 Å². The minimum atomic E-state index is -4.71. The summed E-state index contributed by atoms with van der Waals surface area (Å²) in [6.07, 6.45) is 3.64. The fourth-order valence-corrected chi connectivity index (χ4v) is 5.29. The van der Waals surface area contributed by atoms with Gasteiger partial charge in [0.25, 0.3) is 5.56 Å². The van der Waals surface area contributed by atoms with Crippen molar-refractivity contribution in [1.82, 2.24) is 24.4 Å². The van der Waals surface area contributed by atoms with Crippen molar-refractivity contribution < 1.29 is 22.6 Å². The van der Waals surface area contributed by atoms with Gasteiger partial charge in [-0.1, -0.05) is 41.9 Å². The van der Waals surface area contributed by atoms with E-state index >= 15 is 0 Å². The number of hydrogen-bond donors (Lipinski definition) is 3. The third-order valence-electron chi connectivity index (χ3n) is 7.48. The van der Waals surface area contributed by atoms with Crippen molar-refractivity contribution in [1.29, 1.82) is 5.41 Å². The highest BCUT2D eigenvalue weighted by Crippen LogP contribution is 2.38. The molecule has 0 radical (unpaired) electrons. The number of ether oxygens (including phenoxy) is 2. The number of imidazole rings is 1. The van der Waals surface area contributed by atoms with Gasteiger partial charge in [-0.3, -0.25) is 9.79 Å². The Morgan fingerprint density at radius 2 is 2.07 bits per heavy atom. The number of benzene rings is 1. The minimum absolute atomic E-state index is 0.0295. The second-order valence-electron chi connectivity index (χ2n) is 10.3. The van der Waals surface area contributed by atoms with Gasteiger partial charge in [-0.25, -0.2) is 4.98 Å². The number of halogens is 4. The van der Waals surface area contributed by atoms with Crippen molar-refractivity contribution in [2.75, 3.05) is 5.32 Å².